The number of anilines is 1. The molecule has 4 rings (SSSR count). The van der Waals surface area contributed by atoms with Gasteiger partial charge in [0.1, 0.15) is 11.4 Å². The van der Waals surface area contributed by atoms with Gasteiger partial charge in [0.15, 0.2) is 0 Å². The molecule has 0 bridgehead atoms. The van der Waals surface area contributed by atoms with E-state index < -0.39 is 0 Å². The number of nitrogens with zero attached hydrogens (tertiary/aromatic N) is 6. The zero-order valence-electron chi connectivity index (χ0n) is 22.0. The second-order valence-corrected chi connectivity index (χ2v) is 9.43. The number of morpholine rings is 1. The number of carbonyl (C=O) groups is 2. The van der Waals surface area contributed by atoms with Crippen LogP contribution >= 0.6 is 0 Å². The Morgan fingerprint density at radius 1 is 1.00 bits per heavy atom. The fourth-order valence-corrected chi connectivity index (χ4v) is 4.77. The van der Waals surface area contributed by atoms with E-state index in [1.807, 2.05) is 36.1 Å². The number of methoxy groups -OCH3 is 1. The molecule has 200 valence electrons. The maximum atomic E-state index is 13.2. The van der Waals surface area contributed by atoms with E-state index in [4.69, 9.17) is 9.47 Å². The zero-order valence-corrected chi connectivity index (χ0v) is 22.0. The molecule has 3 heterocycles. The molecule has 1 aromatic carbocycles. The van der Waals surface area contributed by atoms with Gasteiger partial charge in [-0.05, 0) is 25.5 Å². The van der Waals surface area contributed by atoms with E-state index in [9.17, 15) is 9.59 Å². The normalized spacial score (nSPS) is 16.5. The molecule has 10 heteroatoms. The minimum Gasteiger partial charge on any atom is -0.495 e. The van der Waals surface area contributed by atoms with E-state index in [0.717, 1.165) is 69.5 Å². The van der Waals surface area contributed by atoms with Gasteiger partial charge >= 0.3 is 0 Å². The molecule has 1 aromatic heterocycles. The lowest BCUT2D eigenvalue weighted by Crippen LogP contribution is -2.49. The zero-order chi connectivity index (χ0) is 26.0. The van der Waals surface area contributed by atoms with E-state index in [1.165, 1.54) is 6.20 Å². The monoisotopic (exact) mass is 510 g/mol. The first kappa shape index (κ1) is 26.8. The van der Waals surface area contributed by atoms with E-state index in [1.54, 1.807) is 18.2 Å². The summed E-state index contributed by atoms with van der Waals surface area (Å²) < 4.78 is 10.9. The van der Waals surface area contributed by atoms with Gasteiger partial charge in [-0.3, -0.25) is 19.5 Å². The van der Waals surface area contributed by atoms with Crippen molar-refractivity contribution in [3.8, 4) is 5.75 Å². The van der Waals surface area contributed by atoms with Gasteiger partial charge in [-0.2, -0.15) is 0 Å². The highest BCUT2D eigenvalue weighted by molar-refractivity contribution is 5.92. The molecule has 2 aliphatic rings. The number of benzene rings is 1. The Kier molecular flexibility index (Phi) is 9.67. The van der Waals surface area contributed by atoms with Crippen LogP contribution in [0, 0.1) is 6.92 Å². The van der Waals surface area contributed by atoms with Crippen LogP contribution in [-0.4, -0.2) is 116 Å². The van der Waals surface area contributed by atoms with Gasteiger partial charge < -0.3 is 24.2 Å². The van der Waals surface area contributed by atoms with Crippen LogP contribution in [0.2, 0.25) is 0 Å². The maximum absolute atomic E-state index is 13.2. The first-order valence-electron chi connectivity index (χ1n) is 13.1. The van der Waals surface area contributed by atoms with Crippen molar-refractivity contribution < 1.29 is 19.1 Å². The first-order valence-corrected chi connectivity index (χ1v) is 13.1. The molecule has 2 amide bonds. The predicted molar refractivity (Wildman–Crippen MR) is 141 cm³/mol. The number of amides is 2. The quantitative estimate of drug-likeness (QED) is 0.477. The molecule has 0 radical (unpaired) electrons. The van der Waals surface area contributed by atoms with Crippen molar-refractivity contribution in [3.63, 3.8) is 0 Å². The van der Waals surface area contributed by atoms with Gasteiger partial charge in [-0.15, -0.1) is 0 Å². The van der Waals surface area contributed by atoms with Gasteiger partial charge in [0, 0.05) is 71.5 Å². The molecule has 10 nitrogen and oxygen atoms in total. The molecule has 2 aromatic rings. The Hall–Kier alpha value is -3.24. The van der Waals surface area contributed by atoms with Gasteiger partial charge in [-0.25, -0.2) is 4.98 Å². The number of rotatable bonds is 10. The fourth-order valence-electron chi connectivity index (χ4n) is 4.77. The number of aryl methyl sites for hydroxylation is 1. The summed E-state index contributed by atoms with van der Waals surface area (Å²) >= 11 is 0. The summed E-state index contributed by atoms with van der Waals surface area (Å²) in [5.74, 6) is 0.733. The van der Waals surface area contributed by atoms with E-state index in [0.29, 0.717) is 31.9 Å². The maximum Gasteiger partial charge on any atom is 0.274 e. The van der Waals surface area contributed by atoms with Crippen molar-refractivity contribution in [1.29, 1.82) is 0 Å². The minimum absolute atomic E-state index is 0.0700. The Balaban J connectivity index is 1.31. The van der Waals surface area contributed by atoms with E-state index in [-0.39, 0.29) is 18.2 Å². The molecule has 0 aliphatic carbocycles. The van der Waals surface area contributed by atoms with Crippen molar-refractivity contribution in [3.05, 3.63) is 48.0 Å². The summed E-state index contributed by atoms with van der Waals surface area (Å²) in [4.78, 5) is 43.1. The summed E-state index contributed by atoms with van der Waals surface area (Å²) in [6.45, 7) is 9.77. The van der Waals surface area contributed by atoms with Crippen molar-refractivity contribution in [2.75, 3.05) is 84.1 Å². The number of aromatic nitrogens is 2. The summed E-state index contributed by atoms with van der Waals surface area (Å²) in [5, 5.41) is 0. The van der Waals surface area contributed by atoms with Crippen LogP contribution in [0.25, 0.3) is 0 Å². The first-order chi connectivity index (χ1) is 18.0. The molecule has 0 N–H and O–H groups in total. The molecular weight excluding hydrogens is 472 g/mol. The highest BCUT2D eigenvalue weighted by atomic mass is 16.5. The van der Waals surface area contributed by atoms with Crippen LogP contribution in [-0.2, 0) is 9.53 Å². The fraction of sp³-hybridized carbons (Fsp3) is 0.556. The lowest BCUT2D eigenvalue weighted by molar-refractivity contribution is -0.131. The molecule has 0 saturated carbocycles. The van der Waals surface area contributed by atoms with Crippen molar-refractivity contribution in [1.82, 2.24) is 24.7 Å². The molecular formula is C27H38N6O4. The van der Waals surface area contributed by atoms with Crippen LogP contribution in [0.4, 0.5) is 5.69 Å². The van der Waals surface area contributed by atoms with Crippen LogP contribution in [0.1, 0.15) is 29.0 Å². The van der Waals surface area contributed by atoms with E-state index in [2.05, 4.69) is 19.8 Å². The smallest absolute Gasteiger partial charge is 0.274 e. The second kappa shape index (κ2) is 13.3. The van der Waals surface area contributed by atoms with Crippen LogP contribution in [0.15, 0.2) is 36.7 Å². The van der Waals surface area contributed by atoms with Gasteiger partial charge in [0.25, 0.3) is 5.91 Å². The Morgan fingerprint density at radius 2 is 1.76 bits per heavy atom. The summed E-state index contributed by atoms with van der Waals surface area (Å²) in [6, 6.07) is 7.96. The largest absolute Gasteiger partial charge is 0.495 e. The van der Waals surface area contributed by atoms with Crippen molar-refractivity contribution in [2.24, 2.45) is 0 Å². The van der Waals surface area contributed by atoms with Crippen LogP contribution in [0.3, 0.4) is 0 Å². The van der Waals surface area contributed by atoms with Gasteiger partial charge in [0.2, 0.25) is 5.91 Å². The Bertz CT molecular complexity index is 1020. The number of hydrogen-bond donors (Lipinski definition) is 0. The Labute approximate surface area is 219 Å². The van der Waals surface area contributed by atoms with Gasteiger partial charge in [-0.1, -0.05) is 12.1 Å². The standard InChI is InChI=1S/C27H38N6O4/c1-22-20-29-23(21-28-22)27(35)33(10-5-9-30-16-18-37-19-17-30)11-8-26(34)32-14-12-31(13-15-32)24-6-3-4-7-25(24)36-2/h3-4,6-7,20-21H,5,8-19H2,1-2H3. The van der Waals surface area contributed by atoms with Crippen molar-refractivity contribution >= 4 is 17.5 Å². The van der Waals surface area contributed by atoms with E-state index >= 15 is 0 Å². The molecule has 0 spiro atoms. The molecule has 2 fully saturated rings. The average molecular weight is 511 g/mol. The number of piperazine rings is 1. The molecule has 37 heavy (non-hydrogen) atoms. The lowest BCUT2D eigenvalue weighted by atomic mass is 10.2. The van der Waals surface area contributed by atoms with Gasteiger partial charge in [0.05, 0.1) is 37.9 Å². The topological polar surface area (TPSA) is 91.3 Å². The summed E-state index contributed by atoms with van der Waals surface area (Å²) in [7, 11) is 1.68. The number of carbonyl (C=O) groups excluding carboxylic acids is 2. The van der Waals surface area contributed by atoms with Crippen molar-refractivity contribution in [2.45, 2.75) is 19.8 Å². The highest BCUT2D eigenvalue weighted by Crippen LogP contribution is 2.28. The third kappa shape index (κ3) is 7.39. The molecule has 0 atom stereocenters. The number of para-hydroxylation sites is 2. The predicted octanol–water partition coefficient (Wildman–Crippen LogP) is 1.70. The summed E-state index contributed by atoms with van der Waals surface area (Å²) in [5.41, 5.74) is 2.13. The lowest BCUT2D eigenvalue weighted by Gasteiger charge is -2.37. The third-order valence-electron chi connectivity index (χ3n) is 6.95. The number of ether oxygens (including phenoxy) is 2. The third-order valence-corrected chi connectivity index (χ3v) is 6.95. The molecule has 2 aliphatic heterocycles. The SMILES string of the molecule is COc1ccccc1N1CCN(C(=O)CCN(CCCN2CCOCC2)C(=O)c2cnc(C)cn2)CC1. The summed E-state index contributed by atoms with van der Waals surface area (Å²) in [6.07, 6.45) is 4.24. The average Bonchev–Trinajstić information content (AvgIpc) is 2.95. The molecule has 2 saturated heterocycles. The highest BCUT2D eigenvalue weighted by Gasteiger charge is 2.25. The van der Waals surface area contributed by atoms with Crippen LogP contribution in [0.5, 0.6) is 5.75 Å². The second-order valence-electron chi connectivity index (χ2n) is 9.43. The molecule has 0 unspecified atom stereocenters. The Morgan fingerprint density at radius 3 is 2.46 bits per heavy atom. The van der Waals surface area contributed by atoms with Crippen LogP contribution < -0.4 is 9.64 Å². The minimum atomic E-state index is -0.178. The number of hydrogen-bond acceptors (Lipinski definition) is 8.